The quantitative estimate of drug-likeness (QED) is 0.468. The third-order valence-corrected chi connectivity index (χ3v) is 1.75. The lowest BCUT2D eigenvalue weighted by Crippen LogP contribution is -2.27. The van der Waals surface area contributed by atoms with Crippen LogP contribution in [0.1, 0.15) is 30.1 Å². The van der Waals surface area contributed by atoms with Gasteiger partial charge in [-0.1, -0.05) is 24.1 Å². The minimum atomic E-state index is -0.287. The zero-order valence-electron chi connectivity index (χ0n) is 9.17. The first-order valence-electron chi connectivity index (χ1n) is 4.88. The molecule has 0 aliphatic carbocycles. The maximum atomic E-state index is 11.5. The van der Waals surface area contributed by atoms with Gasteiger partial charge in [0, 0.05) is 17.5 Å². The Hall–Kier alpha value is -2.01. The van der Waals surface area contributed by atoms with Crippen LogP contribution in [0.15, 0.2) is 15.7 Å². The van der Waals surface area contributed by atoms with Gasteiger partial charge in [-0.2, -0.15) is 0 Å². The van der Waals surface area contributed by atoms with Crippen molar-refractivity contribution >= 4 is 5.91 Å². The lowest BCUT2D eigenvalue weighted by Gasteiger charge is -2.04. The van der Waals surface area contributed by atoms with Crippen LogP contribution < -0.4 is 5.32 Å². The number of nitrogens with one attached hydrogen (secondary N) is 1. The molecule has 0 unspecified atom stereocenters. The highest BCUT2D eigenvalue weighted by Gasteiger charge is 2.11. The predicted octanol–water partition coefficient (Wildman–Crippen LogP) is 1.87. The third kappa shape index (κ3) is 3.62. The number of carbonyl (C=O) groups excluding carboxylic acids is 1. The smallest absolute Gasteiger partial charge is 0.273 e. The molecule has 1 amide bonds. The molecule has 0 aromatic carbocycles. The zero-order valence-corrected chi connectivity index (χ0v) is 9.17. The van der Waals surface area contributed by atoms with Crippen LogP contribution in [0.5, 0.6) is 0 Å². The maximum Gasteiger partial charge on any atom is 0.273 e. The summed E-state index contributed by atoms with van der Waals surface area (Å²) in [6.07, 6.45) is 0. The van der Waals surface area contributed by atoms with Gasteiger partial charge < -0.3 is 9.84 Å². The van der Waals surface area contributed by atoms with E-state index in [1.54, 1.807) is 0 Å². The Bertz CT molecular complexity index is 406. The molecule has 0 aliphatic rings. The van der Waals surface area contributed by atoms with Crippen molar-refractivity contribution in [3.8, 4) is 0 Å². The van der Waals surface area contributed by atoms with Gasteiger partial charge in [-0.05, 0) is 11.4 Å². The standard InChI is InChI=1S/C9H13N5O2/c1-6(2)4-11-9(15)8-3-7(16-13-8)5-12-14-10/h3,6H,4-5H2,1-2H3,(H,11,15). The van der Waals surface area contributed by atoms with Crippen LogP contribution in [0.3, 0.4) is 0 Å². The summed E-state index contributed by atoms with van der Waals surface area (Å²) in [6, 6.07) is 1.46. The van der Waals surface area contributed by atoms with Crippen LogP contribution in [-0.2, 0) is 6.54 Å². The van der Waals surface area contributed by atoms with E-state index in [4.69, 9.17) is 10.1 Å². The Balaban J connectivity index is 2.56. The van der Waals surface area contributed by atoms with Crippen molar-refractivity contribution in [2.75, 3.05) is 6.54 Å². The summed E-state index contributed by atoms with van der Waals surface area (Å²) in [5.74, 6) is 0.454. The zero-order chi connectivity index (χ0) is 12.0. The van der Waals surface area contributed by atoms with Crippen molar-refractivity contribution in [1.82, 2.24) is 10.5 Å². The molecule has 7 nitrogen and oxygen atoms in total. The van der Waals surface area contributed by atoms with E-state index in [2.05, 4.69) is 20.5 Å². The number of aromatic nitrogens is 1. The number of amides is 1. The molecule has 1 rings (SSSR count). The van der Waals surface area contributed by atoms with E-state index < -0.39 is 0 Å². The van der Waals surface area contributed by atoms with Crippen LogP contribution in [-0.4, -0.2) is 17.6 Å². The molecule has 16 heavy (non-hydrogen) atoms. The van der Waals surface area contributed by atoms with Crippen molar-refractivity contribution in [3.63, 3.8) is 0 Å². The lowest BCUT2D eigenvalue weighted by molar-refractivity contribution is 0.0940. The van der Waals surface area contributed by atoms with Gasteiger partial charge in [0.25, 0.3) is 5.91 Å². The summed E-state index contributed by atoms with van der Waals surface area (Å²) < 4.78 is 4.82. The van der Waals surface area contributed by atoms with Gasteiger partial charge >= 0.3 is 0 Å². The normalized spacial score (nSPS) is 9.94. The second-order valence-corrected chi connectivity index (χ2v) is 3.67. The summed E-state index contributed by atoms with van der Waals surface area (Å²) in [5, 5.41) is 9.58. The highest BCUT2D eigenvalue weighted by Crippen LogP contribution is 2.05. The van der Waals surface area contributed by atoms with E-state index in [1.807, 2.05) is 13.8 Å². The Morgan fingerprint density at radius 1 is 1.75 bits per heavy atom. The summed E-state index contributed by atoms with van der Waals surface area (Å²) in [5.41, 5.74) is 8.30. The van der Waals surface area contributed by atoms with Crippen molar-refractivity contribution < 1.29 is 9.32 Å². The Labute approximate surface area is 92.4 Å². The molecular weight excluding hydrogens is 210 g/mol. The molecule has 0 atom stereocenters. The molecule has 0 radical (unpaired) electrons. The molecule has 0 saturated carbocycles. The Morgan fingerprint density at radius 3 is 3.12 bits per heavy atom. The monoisotopic (exact) mass is 223 g/mol. The van der Waals surface area contributed by atoms with Gasteiger partial charge in [-0.3, -0.25) is 4.79 Å². The number of nitrogens with zero attached hydrogens (tertiary/aromatic N) is 4. The summed E-state index contributed by atoms with van der Waals surface area (Å²) in [6.45, 7) is 4.63. The van der Waals surface area contributed by atoms with E-state index in [-0.39, 0.29) is 18.1 Å². The molecule has 0 spiro atoms. The Kier molecular flexibility index (Phi) is 4.35. The number of hydrogen-bond donors (Lipinski definition) is 1. The van der Waals surface area contributed by atoms with Crippen LogP contribution in [0.4, 0.5) is 0 Å². The first kappa shape index (κ1) is 12.1. The molecule has 86 valence electrons. The molecule has 0 saturated heterocycles. The van der Waals surface area contributed by atoms with E-state index in [1.165, 1.54) is 6.07 Å². The topological polar surface area (TPSA) is 104 Å². The minimum Gasteiger partial charge on any atom is -0.360 e. The molecule has 1 heterocycles. The van der Waals surface area contributed by atoms with Gasteiger partial charge in [-0.15, -0.1) is 0 Å². The SMILES string of the molecule is CC(C)CNC(=O)c1cc(CN=[N+]=[N-])on1. The van der Waals surface area contributed by atoms with E-state index >= 15 is 0 Å². The fourth-order valence-corrected chi connectivity index (χ4v) is 0.983. The molecule has 1 aromatic heterocycles. The third-order valence-electron chi connectivity index (χ3n) is 1.75. The highest BCUT2D eigenvalue weighted by molar-refractivity contribution is 5.92. The van der Waals surface area contributed by atoms with Crippen LogP contribution in [0.2, 0.25) is 0 Å². The fourth-order valence-electron chi connectivity index (χ4n) is 0.983. The minimum absolute atomic E-state index is 0.0565. The van der Waals surface area contributed by atoms with E-state index in [9.17, 15) is 4.79 Å². The summed E-state index contributed by atoms with van der Waals surface area (Å²) in [4.78, 5) is 14.1. The van der Waals surface area contributed by atoms with Gasteiger partial charge in [0.1, 0.15) is 5.76 Å². The first-order chi connectivity index (χ1) is 7.63. The largest absolute Gasteiger partial charge is 0.360 e. The molecule has 7 heteroatoms. The number of hydrogen-bond acceptors (Lipinski definition) is 4. The van der Waals surface area contributed by atoms with E-state index in [0.29, 0.717) is 18.2 Å². The number of rotatable bonds is 5. The first-order valence-corrected chi connectivity index (χ1v) is 4.88. The van der Waals surface area contributed by atoms with Crippen molar-refractivity contribution in [2.24, 2.45) is 11.0 Å². The fraction of sp³-hybridized carbons (Fsp3) is 0.556. The van der Waals surface area contributed by atoms with Crippen LogP contribution >= 0.6 is 0 Å². The molecule has 1 N–H and O–H groups in total. The van der Waals surface area contributed by atoms with Gasteiger partial charge in [-0.25, -0.2) is 0 Å². The summed E-state index contributed by atoms with van der Waals surface area (Å²) >= 11 is 0. The Morgan fingerprint density at radius 2 is 2.50 bits per heavy atom. The van der Waals surface area contributed by atoms with Crippen molar-refractivity contribution in [2.45, 2.75) is 20.4 Å². The van der Waals surface area contributed by atoms with E-state index in [0.717, 1.165) is 0 Å². The highest BCUT2D eigenvalue weighted by atomic mass is 16.5. The van der Waals surface area contributed by atoms with Gasteiger partial charge in [0.15, 0.2) is 5.69 Å². The van der Waals surface area contributed by atoms with Gasteiger partial charge in [0.2, 0.25) is 0 Å². The second-order valence-electron chi connectivity index (χ2n) is 3.67. The van der Waals surface area contributed by atoms with Crippen molar-refractivity contribution in [3.05, 3.63) is 28.0 Å². The molecule has 1 aromatic rings. The van der Waals surface area contributed by atoms with Crippen LogP contribution in [0.25, 0.3) is 10.4 Å². The van der Waals surface area contributed by atoms with Gasteiger partial charge in [0.05, 0.1) is 6.54 Å². The average Bonchev–Trinajstić information content (AvgIpc) is 2.71. The van der Waals surface area contributed by atoms with Crippen LogP contribution in [0, 0.1) is 5.92 Å². The van der Waals surface area contributed by atoms with Crippen molar-refractivity contribution in [1.29, 1.82) is 0 Å². The molecule has 0 fully saturated rings. The summed E-state index contributed by atoms with van der Waals surface area (Å²) in [7, 11) is 0. The number of carbonyl (C=O) groups is 1. The number of azide groups is 1. The molecule has 0 aliphatic heterocycles. The average molecular weight is 223 g/mol. The predicted molar refractivity (Wildman–Crippen MR) is 56.5 cm³/mol. The lowest BCUT2D eigenvalue weighted by atomic mass is 10.2. The molecular formula is C9H13N5O2. The maximum absolute atomic E-state index is 11.5. The molecule has 0 bridgehead atoms. The second kappa shape index (κ2) is 5.77.